The highest BCUT2D eigenvalue weighted by atomic mass is 16.3. The molecule has 17 heterocycles. The first kappa shape index (κ1) is 76.8. The zero-order valence-corrected chi connectivity index (χ0v) is 73.1. The van der Waals surface area contributed by atoms with E-state index in [0.29, 0.717) is 53.2 Å². The lowest BCUT2D eigenvalue weighted by Gasteiger charge is -2.21. The van der Waals surface area contributed by atoms with E-state index in [4.69, 9.17) is 83.6 Å². The normalized spacial score (nSPS) is 12.5. The number of rotatable bonds is 9. The molecular formula is C114H69N21O2. The van der Waals surface area contributed by atoms with Crippen molar-refractivity contribution >= 4 is 175 Å². The highest BCUT2D eigenvalue weighted by Gasteiger charge is 2.36. The summed E-state index contributed by atoms with van der Waals surface area (Å²) in [6.07, 6.45) is 10.8. The SMILES string of the molecule is CC1(C)c2ccccc2-c2cc(-c3nc(-n4c5ccccc5c5cccnc54)nc(-n4c5ccccc5c5cccnc54)n3)ccc21.c1ccc2c(c1)oc1c(-c3nc(-n4c5ccccc5c5cccnc54)nc(-n4c5ccccc5c5cccnc54)n3)cccc12.c1ccc2c(c1)oc1cc(-c3nc(-n4c5ccccc5c5cccnc54)nc(-n4c5ccccc5c5cccnc54)n3)ccc12. The number of aromatic nitrogens is 21. The Hall–Kier alpha value is -19.0. The molecule has 29 aromatic rings. The topological polar surface area (TPSA) is 249 Å². The van der Waals surface area contributed by atoms with Gasteiger partial charge < -0.3 is 8.83 Å². The maximum absolute atomic E-state index is 6.44. The average molecular weight is 1760 g/mol. The van der Waals surface area contributed by atoms with Gasteiger partial charge in [-0.2, -0.15) is 44.9 Å². The van der Waals surface area contributed by atoms with Crippen LogP contribution in [0.15, 0.2) is 392 Å². The van der Waals surface area contributed by atoms with Crippen LogP contribution in [-0.2, 0) is 5.41 Å². The fourth-order valence-electron chi connectivity index (χ4n) is 20.7. The van der Waals surface area contributed by atoms with Crippen LogP contribution in [0.2, 0.25) is 0 Å². The molecule has 137 heavy (non-hydrogen) atoms. The van der Waals surface area contributed by atoms with E-state index in [1.165, 1.54) is 22.3 Å². The summed E-state index contributed by atoms with van der Waals surface area (Å²) in [6, 6.07) is 117. The predicted octanol–water partition coefficient (Wildman–Crippen LogP) is 25.7. The molecule has 30 rings (SSSR count). The molecule has 1 aliphatic carbocycles. The fraction of sp³-hybridized carbons (Fsp3) is 0.0263. The molecule has 0 amide bonds. The van der Waals surface area contributed by atoms with Crippen LogP contribution in [0.3, 0.4) is 0 Å². The Morgan fingerprint density at radius 2 is 0.474 bits per heavy atom. The van der Waals surface area contributed by atoms with E-state index in [2.05, 4.69) is 202 Å². The summed E-state index contributed by atoms with van der Waals surface area (Å²) in [7, 11) is 0. The number of fused-ring (bicyclic) bond motifs is 27. The van der Waals surface area contributed by atoms with Gasteiger partial charge in [-0.15, -0.1) is 0 Å². The van der Waals surface area contributed by atoms with Gasteiger partial charge in [-0.25, -0.2) is 29.9 Å². The van der Waals surface area contributed by atoms with E-state index in [0.717, 1.165) is 192 Å². The van der Waals surface area contributed by atoms with Crippen molar-refractivity contribution in [2.45, 2.75) is 19.3 Å². The molecule has 23 heteroatoms. The smallest absolute Gasteiger partial charge is 0.241 e. The molecule has 1 aliphatic rings. The lowest BCUT2D eigenvalue weighted by molar-refractivity contribution is 0.660. The fourth-order valence-corrected chi connectivity index (χ4v) is 20.7. The number of hydrogen-bond donors (Lipinski definition) is 0. The van der Waals surface area contributed by atoms with Crippen LogP contribution in [0.4, 0.5) is 0 Å². The Labute approximate surface area is 776 Å². The van der Waals surface area contributed by atoms with Crippen molar-refractivity contribution in [3.05, 3.63) is 394 Å². The molecule has 0 saturated carbocycles. The van der Waals surface area contributed by atoms with Gasteiger partial charge >= 0.3 is 0 Å². The first-order valence-corrected chi connectivity index (χ1v) is 45.2. The van der Waals surface area contributed by atoms with Crippen molar-refractivity contribution < 1.29 is 8.83 Å². The van der Waals surface area contributed by atoms with E-state index in [1.807, 2.05) is 198 Å². The molecule has 0 N–H and O–H groups in total. The number of benzene rings is 12. The zero-order valence-electron chi connectivity index (χ0n) is 73.1. The number of pyridine rings is 6. The summed E-state index contributed by atoms with van der Waals surface area (Å²) in [4.78, 5) is 75.2. The zero-order chi connectivity index (χ0) is 90.2. The summed E-state index contributed by atoms with van der Waals surface area (Å²) < 4.78 is 24.8. The van der Waals surface area contributed by atoms with Crippen LogP contribution in [0.1, 0.15) is 25.0 Å². The second-order valence-corrected chi connectivity index (χ2v) is 34.7. The summed E-state index contributed by atoms with van der Waals surface area (Å²) in [5.41, 5.74) is 21.1. The third-order valence-corrected chi connectivity index (χ3v) is 26.8. The second-order valence-electron chi connectivity index (χ2n) is 34.7. The van der Waals surface area contributed by atoms with Crippen LogP contribution < -0.4 is 0 Å². The Bertz CT molecular complexity index is 9420. The standard InChI is InChI=1S/C40H27N7.2C37H21N7O/c1-40(2)31-16-6-3-11-25(31)30-23-24(19-20-32(30)40)35-43-38(46-33-17-7-4-12-26(33)28-14-9-21-41-36(28)46)45-39(44-35)47-34-18-8-5-13-27(34)29-15-10-22-42-37(29)47;1-4-17-29-22(10-1)26-15-8-20-38-34(26)43(29)36-40-33(28-14-7-13-25-24-12-3-6-19-31(24)45-32(25)28)41-37(42-36)44-30-18-5-2-11-23(30)27-16-9-21-39-35(27)44;1-4-14-29-23(9-1)27-12-7-19-38-34(27)43(29)36-40-33(22-17-18-26-25-11-3-6-16-31(25)45-32(26)21-22)41-37(42-36)44-30-15-5-2-10-24(30)28-13-8-20-39-35(28)44/h3-23H,1-2H3;2*1-21H. The van der Waals surface area contributed by atoms with Crippen molar-refractivity contribution in [1.82, 2.24) is 102 Å². The summed E-state index contributed by atoms with van der Waals surface area (Å²) in [5, 5.41) is 16.8. The molecule has 0 fully saturated rings. The van der Waals surface area contributed by atoms with E-state index >= 15 is 0 Å². The van der Waals surface area contributed by atoms with Crippen molar-refractivity contribution in [2.75, 3.05) is 0 Å². The molecule has 0 saturated heterocycles. The van der Waals surface area contributed by atoms with Crippen molar-refractivity contribution in [1.29, 1.82) is 0 Å². The third kappa shape index (κ3) is 11.8. The van der Waals surface area contributed by atoms with Crippen molar-refractivity contribution in [3.8, 4) is 81.0 Å². The van der Waals surface area contributed by atoms with Crippen LogP contribution in [0, 0.1) is 0 Å². The van der Waals surface area contributed by atoms with E-state index < -0.39 is 0 Å². The van der Waals surface area contributed by atoms with Crippen LogP contribution in [0.25, 0.3) is 256 Å². The van der Waals surface area contributed by atoms with Gasteiger partial charge in [-0.3, -0.25) is 27.4 Å². The van der Waals surface area contributed by atoms with Crippen molar-refractivity contribution in [2.24, 2.45) is 0 Å². The Morgan fingerprint density at radius 3 is 0.861 bits per heavy atom. The number of para-hydroxylation sites is 9. The minimum Gasteiger partial charge on any atom is -0.456 e. The quantitative estimate of drug-likeness (QED) is 0.130. The molecule has 12 aromatic carbocycles. The van der Waals surface area contributed by atoms with Gasteiger partial charge in [0.15, 0.2) is 17.5 Å². The van der Waals surface area contributed by atoms with Gasteiger partial charge in [0.05, 0.1) is 38.7 Å². The minimum atomic E-state index is -0.0941. The Balaban J connectivity index is 0.000000102. The molecule has 0 bridgehead atoms. The molecule has 17 aromatic heterocycles. The first-order valence-electron chi connectivity index (χ1n) is 45.2. The Kier molecular flexibility index (Phi) is 16.8. The summed E-state index contributed by atoms with van der Waals surface area (Å²) >= 11 is 0. The van der Waals surface area contributed by atoms with Gasteiger partial charge in [0, 0.05) is 140 Å². The minimum absolute atomic E-state index is 0.0941. The van der Waals surface area contributed by atoms with Crippen LogP contribution in [-0.4, -0.2) is 102 Å². The number of furan rings is 2. The maximum atomic E-state index is 6.44. The molecule has 642 valence electrons. The summed E-state index contributed by atoms with van der Waals surface area (Å²) in [6.45, 7) is 4.59. The molecule has 0 radical (unpaired) electrons. The van der Waals surface area contributed by atoms with Crippen LogP contribution in [0.5, 0.6) is 0 Å². The monoisotopic (exact) mass is 1760 g/mol. The van der Waals surface area contributed by atoms with Gasteiger partial charge in [0.1, 0.15) is 56.2 Å². The van der Waals surface area contributed by atoms with Gasteiger partial charge in [-0.1, -0.05) is 214 Å². The molecule has 0 aliphatic heterocycles. The van der Waals surface area contributed by atoms with E-state index in [1.54, 1.807) is 24.8 Å². The van der Waals surface area contributed by atoms with Gasteiger partial charge in [0.25, 0.3) is 0 Å². The molecular weight excluding hydrogens is 1700 g/mol. The highest BCUT2D eigenvalue weighted by Crippen LogP contribution is 2.50. The molecule has 0 unspecified atom stereocenters. The predicted molar refractivity (Wildman–Crippen MR) is 541 cm³/mol. The van der Waals surface area contributed by atoms with Gasteiger partial charge in [0.2, 0.25) is 35.7 Å². The van der Waals surface area contributed by atoms with Crippen LogP contribution >= 0.6 is 0 Å². The average Bonchev–Trinajstić information content (AvgIpc) is 1.57. The second kappa shape index (κ2) is 30.0. The lowest BCUT2D eigenvalue weighted by atomic mass is 9.82. The first-order chi connectivity index (χ1) is 67.7. The largest absolute Gasteiger partial charge is 0.456 e. The third-order valence-electron chi connectivity index (χ3n) is 26.8. The van der Waals surface area contributed by atoms with Crippen molar-refractivity contribution in [3.63, 3.8) is 0 Å². The molecule has 0 spiro atoms. The van der Waals surface area contributed by atoms with Gasteiger partial charge in [-0.05, 0) is 168 Å². The highest BCUT2D eigenvalue weighted by molar-refractivity contribution is 6.15. The maximum Gasteiger partial charge on any atom is 0.241 e. The number of hydrogen-bond acceptors (Lipinski definition) is 17. The Morgan fingerprint density at radius 1 is 0.197 bits per heavy atom. The summed E-state index contributed by atoms with van der Waals surface area (Å²) in [5.74, 6) is 4.42. The lowest BCUT2D eigenvalue weighted by Crippen LogP contribution is -2.14. The van der Waals surface area contributed by atoms with E-state index in [-0.39, 0.29) is 5.41 Å². The van der Waals surface area contributed by atoms with E-state index in [9.17, 15) is 0 Å². The molecule has 23 nitrogen and oxygen atoms in total. The molecule has 0 atom stereocenters. The number of nitrogens with zero attached hydrogens (tertiary/aromatic N) is 21.